The first-order valence-electron chi connectivity index (χ1n) is 6.59. The van der Waals surface area contributed by atoms with Gasteiger partial charge in [0.2, 0.25) is 0 Å². The Bertz CT molecular complexity index is 433. The van der Waals surface area contributed by atoms with Gasteiger partial charge in [-0.1, -0.05) is 19.3 Å². The SMILES string of the molecule is Cc1nnc(CC2(CC(=O)O)CCCCC2)n1C. The standard InChI is InChI=1S/C13H21N3O2/c1-10-14-15-11(16(10)2)8-13(9-12(17)18)6-4-3-5-7-13/h3-9H2,1-2H3,(H,17,18). The Morgan fingerprint density at radius 1 is 1.33 bits per heavy atom. The monoisotopic (exact) mass is 251 g/mol. The summed E-state index contributed by atoms with van der Waals surface area (Å²) in [4.78, 5) is 11.1. The van der Waals surface area contributed by atoms with Gasteiger partial charge in [0.1, 0.15) is 11.6 Å². The number of hydrogen-bond acceptors (Lipinski definition) is 3. The van der Waals surface area contributed by atoms with E-state index >= 15 is 0 Å². The second kappa shape index (κ2) is 5.08. The van der Waals surface area contributed by atoms with Gasteiger partial charge in [0.25, 0.3) is 0 Å². The first kappa shape index (κ1) is 13.1. The zero-order valence-electron chi connectivity index (χ0n) is 11.1. The van der Waals surface area contributed by atoms with Crippen molar-refractivity contribution in [3.8, 4) is 0 Å². The Kier molecular flexibility index (Phi) is 3.68. The third-order valence-corrected chi connectivity index (χ3v) is 4.16. The Morgan fingerprint density at radius 2 is 2.00 bits per heavy atom. The van der Waals surface area contributed by atoms with Crippen LogP contribution in [0.2, 0.25) is 0 Å². The molecule has 0 atom stereocenters. The summed E-state index contributed by atoms with van der Waals surface area (Å²) in [5, 5.41) is 17.4. The molecule has 1 heterocycles. The van der Waals surface area contributed by atoms with Crippen molar-refractivity contribution >= 4 is 5.97 Å². The number of carboxylic acid groups (broad SMARTS) is 1. The normalized spacial score (nSPS) is 18.8. The van der Waals surface area contributed by atoms with Crippen LogP contribution in [0.4, 0.5) is 0 Å². The molecule has 100 valence electrons. The number of nitrogens with zero attached hydrogens (tertiary/aromatic N) is 3. The predicted octanol–water partition coefficient (Wildman–Crippen LogP) is 2.09. The van der Waals surface area contributed by atoms with Crippen LogP contribution in [0.25, 0.3) is 0 Å². The summed E-state index contributed by atoms with van der Waals surface area (Å²) in [5.41, 5.74) is -0.114. The number of hydrogen-bond donors (Lipinski definition) is 1. The van der Waals surface area contributed by atoms with Crippen molar-refractivity contribution in [2.75, 3.05) is 0 Å². The molecule has 1 aliphatic carbocycles. The predicted molar refractivity (Wildman–Crippen MR) is 67.2 cm³/mol. The lowest BCUT2D eigenvalue weighted by Gasteiger charge is -2.35. The molecule has 1 aromatic heterocycles. The molecular weight excluding hydrogens is 230 g/mol. The molecule has 1 aromatic rings. The lowest BCUT2D eigenvalue weighted by Crippen LogP contribution is -2.30. The third kappa shape index (κ3) is 2.71. The van der Waals surface area contributed by atoms with E-state index in [9.17, 15) is 4.79 Å². The van der Waals surface area contributed by atoms with Gasteiger partial charge in [0.15, 0.2) is 0 Å². The van der Waals surface area contributed by atoms with Crippen LogP contribution in [-0.2, 0) is 18.3 Å². The van der Waals surface area contributed by atoms with Gasteiger partial charge in [-0.2, -0.15) is 0 Å². The highest BCUT2D eigenvalue weighted by molar-refractivity contribution is 5.67. The van der Waals surface area contributed by atoms with Gasteiger partial charge in [-0.15, -0.1) is 10.2 Å². The topological polar surface area (TPSA) is 68.0 Å². The quantitative estimate of drug-likeness (QED) is 0.889. The summed E-state index contributed by atoms with van der Waals surface area (Å²) < 4.78 is 1.97. The maximum atomic E-state index is 11.1. The van der Waals surface area contributed by atoms with Crippen LogP contribution in [0.1, 0.15) is 50.2 Å². The Labute approximate surface area is 107 Å². The Balaban J connectivity index is 2.19. The van der Waals surface area contributed by atoms with E-state index in [2.05, 4.69) is 10.2 Å². The third-order valence-electron chi connectivity index (χ3n) is 4.16. The second-order valence-corrected chi connectivity index (χ2v) is 5.53. The molecular formula is C13H21N3O2. The van der Waals surface area contributed by atoms with Gasteiger partial charge in [-0.3, -0.25) is 4.79 Å². The van der Waals surface area contributed by atoms with Crippen molar-refractivity contribution in [3.05, 3.63) is 11.6 Å². The van der Waals surface area contributed by atoms with Crippen molar-refractivity contribution in [3.63, 3.8) is 0 Å². The maximum absolute atomic E-state index is 11.1. The lowest BCUT2D eigenvalue weighted by molar-refractivity contribution is -0.140. The van der Waals surface area contributed by atoms with Gasteiger partial charge < -0.3 is 9.67 Å². The molecule has 1 fully saturated rings. The van der Waals surface area contributed by atoms with E-state index in [-0.39, 0.29) is 11.8 Å². The van der Waals surface area contributed by atoms with Gasteiger partial charge in [0.05, 0.1) is 6.42 Å². The number of carbonyl (C=O) groups is 1. The van der Waals surface area contributed by atoms with Crippen LogP contribution in [0.3, 0.4) is 0 Å². The van der Waals surface area contributed by atoms with Crippen molar-refractivity contribution < 1.29 is 9.90 Å². The molecule has 0 radical (unpaired) electrons. The van der Waals surface area contributed by atoms with Crippen LogP contribution in [-0.4, -0.2) is 25.8 Å². The van der Waals surface area contributed by atoms with E-state index in [1.807, 2.05) is 18.5 Å². The van der Waals surface area contributed by atoms with Crippen LogP contribution >= 0.6 is 0 Å². The molecule has 1 aliphatic rings. The maximum Gasteiger partial charge on any atom is 0.303 e. The molecule has 0 unspecified atom stereocenters. The van der Waals surface area contributed by atoms with Gasteiger partial charge >= 0.3 is 5.97 Å². The Hall–Kier alpha value is -1.39. The van der Waals surface area contributed by atoms with Crippen molar-refractivity contribution in [1.29, 1.82) is 0 Å². The number of aryl methyl sites for hydroxylation is 1. The number of aromatic nitrogens is 3. The minimum absolute atomic E-state index is 0.114. The van der Waals surface area contributed by atoms with Crippen LogP contribution in [0.5, 0.6) is 0 Å². The van der Waals surface area contributed by atoms with Crippen molar-refractivity contribution in [1.82, 2.24) is 14.8 Å². The molecule has 0 bridgehead atoms. The first-order chi connectivity index (χ1) is 8.52. The summed E-state index contributed by atoms with van der Waals surface area (Å²) in [5.74, 6) is 1.10. The molecule has 1 N–H and O–H groups in total. The van der Waals surface area contributed by atoms with Crippen molar-refractivity contribution in [2.24, 2.45) is 12.5 Å². The minimum Gasteiger partial charge on any atom is -0.481 e. The highest BCUT2D eigenvalue weighted by Gasteiger charge is 2.35. The zero-order valence-corrected chi connectivity index (χ0v) is 11.1. The average Bonchev–Trinajstić information content (AvgIpc) is 2.61. The Morgan fingerprint density at radius 3 is 2.50 bits per heavy atom. The highest BCUT2D eigenvalue weighted by atomic mass is 16.4. The number of carboxylic acids is 1. The van der Waals surface area contributed by atoms with Gasteiger partial charge in [-0.05, 0) is 25.2 Å². The summed E-state index contributed by atoms with van der Waals surface area (Å²) in [6.45, 7) is 1.92. The molecule has 0 aliphatic heterocycles. The van der Waals surface area contributed by atoms with E-state index < -0.39 is 5.97 Å². The van der Waals surface area contributed by atoms with Crippen LogP contribution < -0.4 is 0 Å². The number of rotatable bonds is 4. The minimum atomic E-state index is -0.698. The van der Waals surface area contributed by atoms with E-state index in [0.29, 0.717) is 0 Å². The van der Waals surface area contributed by atoms with Crippen LogP contribution in [0, 0.1) is 12.3 Å². The van der Waals surface area contributed by atoms with E-state index in [4.69, 9.17) is 5.11 Å². The van der Waals surface area contributed by atoms with E-state index in [1.54, 1.807) is 0 Å². The van der Waals surface area contributed by atoms with E-state index in [1.165, 1.54) is 6.42 Å². The fourth-order valence-electron chi connectivity index (χ4n) is 2.98. The summed E-state index contributed by atoms with van der Waals surface area (Å²) in [7, 11) is 1.95. The summed E-state index contributed by atoms with van der Waals surface area (Å²) >= 11 is 0. The fraction of sp³-hybridized carbons (Fsp3) is 0.769. The van der Waals surface area contributed by atoms with Crippen molar-refractivity contribution in [2.45, 2.75) is 51.9 Å². The second-order valence-electron chi connectivity index (χ2n) is 5.53. The first-order valence-corrected chi connectivity index (χ1v) is 6.59. The molecule has 0 spiro atoms. The molecule has 5 nitrogen and oxygen atoms in total. The van der Waals surface area contributed by atoms with Gasteiger partial charge in [0, 0.05) is 13.5 Å². The smallest absolute Gasteiger partial charge is 0.303 e. The highest BCUT2D eigenvalue weighted by Crippen LogP contribution is 2.41. The average molecular weight is 251 g/mol. The molecule has 1 saturated carbocycles. The largest absolute Gasteiger partial charge is 0.481 e. The van der Waals surface area contributed by atoms with E-state index in [0.717, 1.165) is 43.8 Å². The summed E-state index contributed by atoms with van der Waals surface area (Å²) in [6, 6.07) is 0. The molecule has 0 amide bonds. The number of aliphatic carboxylic acids is 1. The molecule has 18 heavy (non-hydrogen) atoms. The molecule has 0 aromatic carbocycles. The molecule has 5 heteroatoms. The van der Waals surface area contributed by atoms with Gasteiger partial charge in [-0.25, -0.2) is 0 Å². The molecule has 2 rings (SSSR count). The summed E-state index contributed by atoms with van der Waals surface area (Å²) in [6.07, 6.45) is 6.44. The van der Waals surface area contributed by atoms with Crippen LogP contribution in [0.15, 0.2) is 0 Å². The lowest BCUT2D eigenvalue weighted by atomic mass is 9.69. The molecule has 0 saturated heterocycles. The zero-order chi connectivity index (χ0) is 13.2. The fourth-order valence-corrected chi connectivity index (χ4v) is 2.98.